The molecule has 0 aliphatic carbocycles. The van der Waals surface area contributed by atoms with Crippen molar-refractivity contribution in [1.82, 2.24) is 10.3 Å². The van der Waals surface area contributed by atoms with Gasteiger partial charge in [0.25, 0.3) is 0 Å². The van der Waals surface area contributed by atoms with Crippen LogP contribution in [0.1, 0.15) is 13.8 Å². The fourth-order valence-electron chi connectivity index (χ4n) is 1.41. The molecule has 6 nitrogen and oxygen atoms in total. The summed E-state index contributed by atoms with van der Waals surface area (Å²) in [5, 5.41) is 11.5. The van der Waals surface area contributed by atoms with Gasteiger partial charge in [0, 0.05) is 13.2 Å². The average molecular weight is 251 g/mol. The van der Waals surface area contributed by atoms with Crippen LogP contribution in [0.3, 0.4) is 0 Å². The zero-order chi connectivity index (χ0) is 13.7. The molecule has 0 saturated carbocycles. The van der Waals surface area contributed by atoms with E-state index < -0.39 is 18.0 Å². The lowest BCUT2D eigenvalue weighted by atomic mass is 10.1. The highest BCUT2D eigenvalue weighted by molar-refractivity contribution is 5.93. The maximum Gasteiger partial charge on any atom is 0.326 e. The molecule has 18 heavy (non-hydrogen) atoms. The third-order valence-corrected chi connectivity index (χ3v) is 2.55. The van der Waals surface area contributed by atoms with Crippen LogP contribution in [0, 0.1) is 5.92 Å². The Morgan fingerprint density at radius 2 is 2.11 bits per heavy atom. The number of aliphatic carboxylic acids is 1. The number of nitrogens with one attached hydrogen (secondary N) is 1. The zero-order valence-electron chi connectivity index (χ0n) is 10.6. The van der Waals surface area contributed by atoms with E-state index in [-0.39, 0.29) is 5.92 Å². The normalized spacial score (nSPS) is 12.0. The molecule has 98 valence electrons. The molecule has 1 aromatic rings. The minimum Gasteiger partial charge on any atom is -0.480 e. The molecule has 1 heterocycles. The van der Waals surface area contributed by atoms with Gasteiger partial charge in [0.15, 0.2) is 0 Å². The van der Waals surface area contributed by atoms with Crippen molar-refractivity contribution in [2.75, 3.05) is 11.9 Å². The summed E-state index contributed by atoms with van der Waals surface area (Å²) < 4.78 is 0. The molecule has 0 unspecified atom stereocenters. The Hall–Kier alpha value is -2.11. The Kier molecular flexibility index (Phi) is 4.65. The lowest BCUT2D eigenvalue weighted by Gasteiger charge is -2.23. The van der Waals surface area contributed by atoms with Crippen molar-refractivity contribution in [2.24, 2.45) is 5.92 Å². The van der Waals surface area contributed by atoms with Crippen LogP contribution in [0.4, 0.5) is 10.5 Å². The van der Waals surface area contributed by atoms with E-state index in [9.17, 15) is 9.59 Å². The van der Waals surface area contributed by atoms with Gasteiger partial charge in [-0.2, -0.15) is 0 Å². The van der Waals surface area contributed by atoms with Crippen molar-refractivity contribution in [3.63, 3.8) is 0 Å². The fourth-order valence-corrected chi connectivity index (χ4v) is 1.41. The molecule has 0 saturated heterocycles. The molecule has 0 aliphatic heterocycles. The smallest absolute Gasteiger partial charge is 0.326 e. The molecular formula is C12H17N3O3. The quantitative estimate of drug-likeness (QED) is 0.845. The van der Waals surface area contributed by atoms with Crippen LogP contribution in [0.5, 0.6) is 0 Å². The first-order valence-electron chi connectivity index (χ1n) is 5.60. The maximum atomic E-state index is 11.9. The second-order valence-corrected chi connectivity index (χ2v) is 4.28. The molecule has 0 bridgehead atoms. The first-order valence-corrected chi connectivity index (χ1v) is 5.60. The summed E-state index contributed by atoms with van der Waals surface area (Å²) >= 11 is 0. The third kappa shape index (κ3) is 3.44. The van der Waals surface area contributed by atoms with Gasteiger partial charge in [-0.25, -0.2) is 9.59 Å². The Morgan fingerprint density at radius 1 is 1.44 bits per heavy atom. The summed E-state index contributed by atoms with van der Waals surface area (Å²) in [6.07, 6.45) is 3.13. The van der Waals surface area contributed by atoms with E-state index in [1.165, 1.54) is 11.1 Å². The van der Waals surface area contributed by atoms with Crippen LogP contribution in [0.15, 0.2) is 24.5 Å². The van der Waals surface area contributed by atoms with Crippen molar-refractivity contribution in [1.29, 1.82) is 0 Å². The highest BCUT2D eigenvalue weighted by Crippen LogP contribution is 2.10. The van der Waals surface area contributed by atoms with Crippen LogP contribution in [-0.4, -0.2) is 35.2 Å². The Bertz CT molecular complexity index is 420. The number of pyridine rings is 1. The third-order valence-electron chi connectivity index (χ3n) is 2.55. The number of hydrogen-bond donors (Lipinski definition) is 2. The van der Waals surface area contributed by atoms with Crippen molar-refractivity contribution in [3.8, 4) is 0 Å². The van der Waals surface area contributed by atoms with Gasteiger partial charge in [0.1, 0.15) is 6.04 Å². The van der Waals surface area contributed by atoms with E-state index in [1.807, 2.05) is 0 Å². The topological polar surface area (TPSA) is 82.5 Å². The van der Waals surface area contributed by atoms with Crippen molar-refractivity contribution in [2.45, 2.75) is 19.9 Å². The summed E-state index contributed by atoms with van der Waals surface area (Å²) in [5.74, 6) is -1.23. The number of anilines is 1. The molecule has 0 aliphatic rings. The SMILES string of the molecule is CC(C)[C@H](NC(=O)N(C)c1cccnc1)C(=O)O. The van der Waals surface area contributed by atoms with E-state index >= 15 is 0 Å². The van der Waals surface area contributed by atoms with Crippen LogP contribution < -0.4 is 10.2 Å². The lowest BCUT2D eigenvalue weighted by molar-refractivity contribution is -0.140. The van der Waals surface area contributed by atoms with Gasteiger partial charge in [-0.1, -0.05) is 13.8 Å². The second-order valence-electron chi connectivity index (χ2n) is 4.28. The molecule has 1 atom stereocenters. The van der Waals surface area contributed by atoms with Gasteiger partial charge in [0.05, 0.1) is 11.9 Å². The molecule has 1 aromatic heterocycles. The predicted molar refractivity (Wildman–Crippen MR) is 67.4 cm³/mol. The molecule has 1 rings (SSSR count). The number of carboxylic acid groups (broad SMARTS) is 1. The molecule has 0 radical (unpaired) electrons. The molecule has 2 amide bonds. The van der Waals surface area contributed by atoms with E-state index in [0.29, 0.717) is 5.69 Å². The van der Waals surface area contributed by atoms with Crippen molar-refractivity contribution in [3.05, 3.63) is 24.5 Å². The van der Waals surface area contributed by atoms with E-state index in [0.717, 1.165) is 0 Å². The Labute approximate surface area is 106 Å². The summed E-state index contributed by atoms with van der Waals surface area (Å²) in [7, 11) is 1.56. The average Bonchev–Trinajstić information content (AvgIpc) is 2.35. The van der Waals surface area contributed by atoms with E-state index in [1.54, 1.807) is 39.2 Å². The number of carboxylic acids is 1. The number of carbonyl (C=O) groups is 2. The van der Waals surface area contributed by atoms with Gasteiger partial charge in [-0.05, 0) is 18.1 Å². The highest BCUT2D eigenvalue weighted by Gasteiger charge is 2.25. The van der Waals surface area contributed by atoms with Gasteiger partial charge in [-0.3, -0.25) is 9.88 Å². The van der Waals surface area contributed by atoms with Gasteiger partial charge in [-0.15, -0.1) is 0 Å². The van der Waals surface area contributed by atoms with E-state index in [2.05, 4.69) is 10.3 Å². The molecule has 0 fully saturated rings. The summed E-state index contributed by atoms with van der Waals surface area (Å²) in [5.41, 5.74) is 0.600. The van der Waals surface area contributed by atoms with E-state index in [4.69, 9.17) is 5.11 Å². The number of carbonyl (C=O) groups excluding carboxylic acids is 1. The zero-order valence-corrected chi connectivity index (χ0v) is 10.6. The monoisotopic (exact) mass is 251 g/mol. The number of amides is 2. The largest absolute Gasteiger partial charge is 0.480 e. The number of nitrogens with zero attached hydrogens (tertiary/aromatic N) is 2. The summed E-state index contributed by atoms with van der Waals surface area (Å²) in [4.78, 5) is 28.1. The standard InChI is InChI=1S/C12H17N3O3/c1-8(2)10(11(16)17)14-12(18)15(3)9-5-4-6-13-7-9/h4-8,10H,1-3H3,(H,14,18)(H,16,17)/t10-/m0/s1. The minimum atomic E-state index is -1.04. The maximum absolute atomic E-state index is 11.9. The second kappa shape index (κ2) is 6.00. The fraction of sp³-hybridized carbons (Fsp3) is 0.417. The van der Waals surface area contributed by atoms with Gasteiger partial charge >= 0.3 is 12.0 Å². The summed E-state index contributed by atoms with van der Waals surface area (Å²) in [6, 6.07) is 2.05. The van der Waals surface area contributed by atoms with Crippen LogP contribution in [-0.2, 0) is 4.79 Å². The first-order chi connectivity index (χ1) is 8.43. The van der Waals surface area contributed by atoms with Crippen LogP contribution in [0.2, 0.25) is 0 Å². The number of aromatic nitrogens is 1. The summed E-state index contributed by atoms with van der Waals surface area (Å²) in [6.45, 7) is 3.48. The number of urea groups is 1. The minimum absolute atomic E-state index is 0.186. The predicted octanol–water partition coefficient (Wildman–Crippen LogP) is 1.34. The Balaban J connectivity index is 2.73. The number of hydrogen-bond acceptors (Lipinski definition) is 3. The molecule has 0 spiro atoms. The van der Waals surface area contributed by atoms with Crippen molar-refractivity contribution >= 4 is 17.7 Å². The molecular weight excluding hydrogens is 234 g/mol. The molecule has 0 aromatic carbocycles. The lowest BCUT2D eigenvalue weighted by Crippen LogP contribution is -2.49. The molecule has 2 N–H and O–H groups in total. The first kappa shape index (κ1) is 14.0. The highest BCUT2D eigenvalue weighted by atomic mass is 16.4. The van der Waals surface area contributed by atoms with Crippen molar-refractivity contribution < 1.29 is 14.7 Å². The Morgan fingerprint density at radius 3 is 2.56 bits per heavy atom. The van der Waals surface area contributed by atoms with Gasteiger partial charge < -0.3 is 10.4 Å². The molecule has 6 heteroatoms. The van der Waals surface area contributed by atoms with Gasteiger partial charge in [0.2, 0.25) is 0 Å². The number of rotatable bonds is 4. The van der Waals surface area contributed by atoms with Crippen LogP contribution in [0.25, 0.3) is 0 Å². The van der Waals surface area contributed by atoms with Crippen LogP contribution >= 0.6 is 0 Å².